The molecule has 0 aliphatic carbocycles. The molecule has 1 aromatic rings. The van der Waals surface area contributed by atoms with E-state index in [0.29, 0.717) is 24.3 Å². The standard InChI is InChI=1S/C23H32N4O3/c28-21-8-7-20(22(29)25-21)24-19-6-4-5-18(15-19)23(30)27-13-9-17(10-14-27)16-26-11-2-1-3-12-26/h4-6,15,17,20,24H,1-3,7-14,16H2,(H,25,28,29). The van der Waals surface area contributed by atoms with Crippen molar-refractivity contribution in [3.8, 4) is 0 Å². The molecule has 30 heavy (non-hydrogen) atoms. The normalized spacial score (nSPS) is 23.9. The van der Waals surface area contributed by atoms with E-state index < -0.39 is 6.04 Å². The lowest BCUT2D eigenvalue weighted by molar-refractivity contribution is -0.133. The highest BCUT2D eigenvalue weighted by Crippen LogP contribution is 2.23. The van der Waals surface area contributed by atoms with Gasteiger partial charge in [-0.25, -0.2) is 0 Å². The van der Waals surface area contributed by atoms with Gasteiger partial charge in [-0.15, -0.1) is 0 Å². The first-order chi connectivity index (χ1) is 14.6. The second-order valence-corrected chi connectivity index (χ2v) is 8.83. The Morgan fingerprint density at radius 1 is 1.03 bits per heavy atom. The van der Waals surface area contributed by atoms with Crippen LogP contribution in [0.15, 0.2) is 24.3 Å². The summed E-state index contributed by atoms with van der Waals surface area (Å²) in [5.74, 6) is 0.204. The zero-order valence-corrected chi connectivity index (χ0v) is 17.6. The zero-order valence-electron chi connectivity index (χ0n) is 17.6. The number of nitrogens with one attached hydrogen (secondary N) is 2. The van der Waals surface area contributed by atoms with Gasteiger partial charge in [0.1, 0.15) is 6.04 Å². The van der Waals surface area contributed by atoms with Crippen molar-refractivity contribution in [1.29, 1.82) is 0 Å². The van der Waals surface area contributed by atoms with Gasteiger partial charge in [0.25, 0.3) is 5.91 Å². The largest absolute Gasteiger partial charge is 0.374 e. The molecule has 0 aromatic heterocycles. The lowest BCUT2D eigenvalue weighted by Crippen LogP contribution is -2.47. The maximum absolute atomic E-state index is 13.0. The number of likely N-dealkylation sites (tertiary alicyclic amines) is 2. The summed E-state index contributed by atoms with van der Waals surface area (Å²) in [6, 6.07) is 6.89. The molecule has 1 atom stereocenters. The number of rotatable bonds is 5. The number of carbonyl (C=O) groups excluding carboxylic acids is 3. The van der Waals surface area contributed by atoms with Gasteiger partial charge in [0.05, 0.1) is 0 Å². The van der Waals surface area contributed by atoms with E-state index in [0.717, 1.165) is 31.6 Å². The Labute approximate surface area is 178 Å². The molecular formula is C23H32N4O3. The van der Waals surface area contributed by atoms with Crippen LogP contribution in [0.25, 0.3) is 0 Å². The Hall–Kier alpha value is -2.41. The van der Waals surface area contributed by atoms with Crippen molar-refractivity contribution in [2.24, 2.45) is 5.92 Å². The van der Waals surface area contributed by atoms with Crippen LogP contribution in [0.5, 0.6) is 0 Å². The lowest BCUT2D eigenvalue weighted by atomic mass is 9.94. The second-order valence-electron chi connectivity index (χ2n) is 8.83. The highest BCUT2D eigenvalue weighted by atomic mass is 16.2. The fraction of sp³-hybridized carbons (Fsp3) is 0.609. The number of hydrogen-bond acceptors (Lipinski definition) is 5. The van der Waals surface area contributed by atoms with Gasteiger partial charge in [0, 0.05) is 37.3 Å². The van der Waals surface area contributed by atoms with Crippen LogP contribution >= 0.6 is 0 Å². The molecule has 0 spiro atoms. The molecule has 3 aliphatic heterocycles. The molecule has 4 rings (SSSR count). The van der Waals surface area contributed by atoms with E-state index in [1.54, 1.807) is 0 Å². The number of amides is 3. The summed E-state index contributed by atoms with van der Waals surface area (Å²) in [6.07, 6.45) is 6.93. The van der Waals surface area contributed by atoms with E-state index in [1.807, 2.05) is 29.2 Å². The molecule has 3 aliphatic rings. The quantitative estimate of drug-likeness (QED) is 0.725. The van der Waals surface area contributed by atoms with E-state index >= 15 is 0 Å². The minimum atomic E-state index is -0.446. The summed E-state index contributed by atoms with van der Waals surface area (Å²) in [4.78, 5) is 40.8. The van der Waals surface area contributed by atoms with Crippen LogP contribution in [0.2, 0.25) is 0 Å². The van der Waals surface area contributed by atoms with Gasteiger partial charge in [-0.3, -0.25) is 19.7 Å². The van der Waals surface area contributed by atoms with Gasteiger partial charge in [0.2, 0.25) is 11.8 Å². The summed E-state index contributed by atoms with van der Waals surface area (Å²) in [5, 5.41) is 5.51. The fourth-order valence-corrected chi connectivity index (χ4v) is 4.78. The van der Waals surface area contributed by atoms with Crippen LogP contribution in [-0.2, 0) is 9.59 Å². The molecule has 3 saturated heterocycles. The molecule has 7 nitrogen and oxygen atoms in total. The number of anilines is 1. The van der Waals surface area contributed by atoms with Crippen molar-refractivity contribution in [2.45, 2.75) is 51.0 Å². The van der Waals surface area contributed by atoms with E-state index in [9.17, 15) is 14.4 Å². The van der Waals surface area contributed by atoms with Gasteiger partial charge in [0.15, 0.2) is 0 Å². The molecule has 0 radical (unpaired) electrons. The zero-order chi connectivity index (χ0) is 20.9. The molecule has 3 heterocycles. The van der Waals surface area contributed by atoms with E-state index in [-0.39, 0.29) is 17.7 Å². The van der Waals surface area contributed by atoms with Crippen molar-refractivity contribution in [1.82, 2.24) is 15.1 Å². The van der Waals surface area contributed by atoms with Gasteiger partial charge in [-0.1, -0.05) is 12.5 Å². The average Bonchev–Trinajstić information content (AvgIpc) is 2.77. The third-order valence-electron chi connectivity index (χ3n) is 6.56. The Balaban J connectivity index is 1.30. The molecule has 0 bridgehead atoms. The third-order valence-corrected chi connectivity index (χ3v) is 6.56. The smallest absolute Gasteiger partial charge is 0.253 e. The summed E-state index contributed by atoms with van der Waals surface area (Å²) in [7, 11) is 0. The molecule has 162 valence electrons. The van der Waals surface area contributed by atoms with Crippen LogP contribution in [0, 0.1) is 5.92 Å². The van der Waals surface area contributed by atoms with Crippen LogP contribution < -0.4 is 10.6 Å². The minimum Gasteiger partial charge on any atom is -0.374 e. The molecule has 3 amide bonds. The summed E-state index contributed by atoms with van der Waals surface area (Å²) >= 11 is 0. The number of nitrogens with zero attached hydrogens (tertiary/aromatic N) is 2. The van der Waals surface area contributed by atoms with Gasteiger partial charge < -0.3 is 15.1 Å². The number of benzene rings is 1. The molecule has 0 saturated carbocycles. The highest BCUT2D eigenvalue weighted by Gasteiger charge is 2.28. The van der Waals surface area contributed by atoms with Gasteiger partial charge in [-0.05, 0) is 69.3 Å². The number of imide groups is 1. The van der Waals surface area contributed by atoms with Crippen molar-refractivity contribution in [3.05, 3.63) is 29.8 Å². The fourth-order valence-electron chi connectivity index (χ4n) is 4.78. The SMILES string of the molecule is O=C1CCC(Nc2cccc(C(=O)N3CCC(CN4CCCCC4)CC3)c2)C(=O)N1. The topological polar surface area (TPSA) is 81.8 Å². The van der Waals surface area contributed by atoms with Crippen molar-refractivity contribution in [3.63, 3.8) is 0 Å². The van der Waals surface area contributed by atoms with Gasteiger partial charge >= 0.3 is 0 Å². The monoisotopic (exact) mass is 412 g/mol. The maximum atomic E-state index is 13.0. The maximum Gasteiger partial charge on any atom is 0.253 e. The first kappa shape index (κ1) is 20.8. The molecule has 7 heteroatoms. The molecule has 1 unspecified atom stereocenters. The highest BCUT2D eigenvalue weighted by molar-refractivity contribution is 6.01. The Morgan fingerprint density at radius 2 is 1.80 bits per heavy atom. The summed E-state index contributed by atoms with van der Waals surface area (Å²) in [5.41, 5.74) is 1.37. The molecule has 1 aromatic carbocycles. The first-order valence-electron chi connectivity index (χ1n) is 11.3. The number of carbonyl (C=O) groups is 3. The molecular weight excluding hydrogens is 380 g/mol. The lowest BCUT2D eigenvalue weighted by Gasteiger charge is -2.36. The summed E-state index contributed by atoms with van der Waals surface area (Å²) in [6.45, 7) is 5.25. The van der Waals surface area contributed by atoms with E-state index in [1.165, 1.54) is 38.9 Å². The van der Waals surface area contributed by atoms with Gasteiger partial charge in [-0.2, -0.15) is 0 Å². The Kier molecular flexibility index (Phi) is 6.67. The van der Waals surface area contributed by atoms with Crippen molar-refractivity contribution in [2.75, 3.05) is 38.0 Å². The van der Waals surface area contributed by atoms with Crippen LogP contribution in [0.1, 0.15) is 55.3 Å². The van der Waals surface area contributed by atoms with Crippen LogP contribution in [-0.4, -0.2) is 66.3 Å². The Bertz CT molecular complexity index is 782. The van der Waals surface area contributed by atoms with Crippen LogP contribution in [0.4, 0.5) is 5.69 Å². The van der Waals surface area contributed by atoms with Crippen molar-refractivity contribution >= 4 is 23.4 Å². The predicted octanol–water partition coefficient (Wildman–Crippen LogP) is 2.24. The van der Waals surface area contributed by atoms with E-state index in [4.69, 9.17) is 0 Å². The second kappa shape index (κ2) is 9.60. The van der Waals surface area contributed by atoms with Crippen LogP contribution in [0.3, 0.4) is 0 Å². The van der Waals surface area contributed by atoms with Crippen molar-refractivity contribution < 1.29 is 14.4 Å². The third kappa shape index (κ3) is 5.19. The molecule has 3 fully saturated rings. The molecule has 2 N–H and O–H groups in total. The first-order valence-corrected chi connectivity index (χ1v) is 11.3. The summed E-state index contributed by atoms with van der Waals surface area (Å²) < 4.78 is 0. The Morgan fingerprint density at radius 3 is 2.53 bits per heavy atom. The number of piperidine rings is 3. The average molecular weight is 413 g/mol. The minimum absolute atomic E-state index is 0.0540. The number of hydrogen-bond donors (Lipinski definition) is 2. The predicted molar refractivity (Wildman–Crippen MR) is 115 cm³/mol. The van der Waals surface area contributed by atoms with E-state index in [2.05, 4.69) is 15.5 Å².